The van der Waals surface area contributed by atoms with Crippen molar-refractivity contribution in [3.8, 4) is 5.88 Å². The number of ether oxygens (including phenoxy) is 3. The number of methoxy groups -OCH3 is 2. The Bertz CT molecular complexity index is 441. The molecule has 7 heteroatoms. The lowest BCUT2D eigenvalue weighted by atomic mass is 10.2. The van der Waals surface area contributed by atoms with Gasteiger partial charge in [-0.3, -0.25) is 4.99 Å². The van der Waals surface area contributed by atoms with Crippen molar-refractivity contribution in [2.75, 3.05) is 47.6 Å². The smallest absolute Gasteiger partial charge is 0.218 e. The van der Waals surface area contributed by atoms with Crippen LogP contribution in [0, 0.1) is 0 Å². The van der Waals surface area contributed by atoms with Gasteiger partial charge in [-0.1, -0.05) is 6.07 Å². The Balaban J connectivity index is 2.22. The fraction of sp³-hybridized carbons (Fsp3) is 0.600. The number of nitrogens with one attached hydrogen (secondary N) is 2. The van der Waals surface area contributed by atoms with E-state index in [0.717, 1.165) is 24.5 Å². The van der Waals surface area contributed by atoms with Crippen LogP contribution in [0.3, 0.4) is 0 Å². The molecule has 0 aliphatic carbocycles. The first-order valence-corrected chi connectivity index (χ1v) is 7.31. The van der Waals surface area contributed by atoms with Crippen LogP contribution in [0.15, 0.2) is 23.3 Å². The summed E-state index contributed by atoms with van der Waals surface area (Å²) in [6.07, 6.45) is 2.61. The number of aliphatic imine (C=N–C) groups is 1. The van der Waals surface area contributed by atoms with E-state index in [1.807, 2.05) is 12.1 Å². The number of nitrogens with zero attached hydrogens (tertiary/aromatic N) is 2. The highest BCUT2D eigenvalue weighted by Crippen LogP contribution is 2.12. The maximum absolute atomic E-state index is 5.40. The lowest BCUT2D eigenvalue weighted by Gasteiger charge is -2.13. The van der Waals surface area contributed by atoms with Crippen LogP contribution >= 0.6 is 0 Å². The van der Waals surface area contributed by atoms with Gasteiger partial charge in [0.2, 0.25) is 5.88 Å². The minimum atomic E-state index is 0.598. The molecule has 1 rings (SSSR count). The summed E-state index contributed by atoms with van der Waals surface area (Å²) in [7, 11) is 5.02. The zero-order valence-corrected chi connectivity index (χ0v) is 13.6. The summed E-state index contributed by atoms with van der Waals surface area (Å²) >= 11 is 0. The highest BCUT2D eigenvalue weighted by Gasteiger charge is 2.04. The highest BCUT2D eigenvalue weighted by molar-refractivity contribution is 5.79. The van der Waals surface area contributed by atoms with E-state index in [9.17, 15) is 0 Å². The van der Waals surface area contributed by atoms with Crippen molar-refractivity contribution >= 4 is 5.96 Å². The van der Waals surface area contributed by atoms with Crippen LogP contribution in [0.5, 0.6) is 5.88 Å². The molecule has 0 aliphatic heterocycles. The molecule has 0 bridgehead atoms. The van der Waals surface area contributed by atoms with Crippen LogP contribution < -0.4 is 15.4 Å². The highest BCUT2D eigenvalue weighted by atomic mass is 16.5. The molecule has 1 aromatic rings. The minimum absolute atomic E-state index is 0.598. The van der Waals surface area contributed by atoms with Gasteiger partial charge in [0.25, 0.3) is 0 Å². The van der Waals surface area contributed by atoms with Gasteiger partial charge in [-0.05, 0) is 12.5 Å². The molecule has 124 valence electrons. The summed E-state index contributed by atoms with van der Waals surface area (Å²) < 4.78 is 15.5. The summed E-state index contributed by atoms with van der Waals surface area (Å²) in [6.45, 7) is 3.34. The third-order valence-electron chi connectivity index (χ3n) is 2.90. The molecule has 0 radical (unpaired) electrons. The van der Waals surface area contributed by atoms with Crippen LogP contribution in [0.4, 0.5) is 0 Å². The molecule has 1 aromatic heterocycles. The maximum atomic E-state index is 5.40. The second-order valence-corrected chi connectivity index (χ2v) is 4.48. The number of hydrogen-bond acceptors (Lipinski definition) is 5. The fourth-order valence-corrected chi connectivity index (χ4v) is 1.77. The second kappa shape index (κ2) is 11.8. The van der Waals surface area contributed by atoms with E-state index in [2.05, 4.69) is 20.6 Å². The fourth-order valence-electron chi connectivity index (χ4n) is 1.77. The normalized spacial score (nSPS) is 11.3. The topological polar surface area (TPSA) is 77.0 Å². The maximum Gasteiger partial charge on any atom is 0.218 e. The van der Waals surface area contributed by atoms with Crippen molar-refractivity contribution in [1.29, 1.82) is 0 Å². The Labute approximate surface area is 132 Å². The molecule has 2 N–H and O–H groups in total. The summed E-state index contributed by atoms with van der Waals surface area (Å²) in [4.78, 5) is 8.34. The molecular formula is C15H26N4O3. The Morgan fingerprint density at radius 1 is 1.23 bits per heavy atom. The van der Waals surface area contributed by atoms with Crippen LogP contribution in [-0.4, -0.2) is 58.6 Å². The third-order valence-corrected chi connectivity index (χ3v) is 2.90. The molecular weight excluding hydrogens is 284 g/mol. The molecule has 22 heavy (non-hydrogen) atoms. The summed E-state index contributed by atoms with van der Waals surface area (Å²) in [5.74, 6) is 1.36. The molecule has 0 amide bonds. The van der Waals surface area contributed by atoms with Crippen molar-refractivity contribution in [2.45, 2.75) is 13.0 Å². The second-order valence-electron chi connectivity index (χ2n) is 4.48. The number of aromatic nitrogens is 1. The Morgan fingerprint density at radius 3 is 2.82 bits per heavy atom. The molecule has 0 aliphatic rings. The Kier molecular flexibility index (Phi) is 9.73. The number of guanidine groups is 1. The van der Waals surface area contributed by atoms with E-state index < -0.39 is 0 Å². The average molecular weight is 310 g/mol. The van der Waals surface area contributed by atoms with Crippen LogP contribution in [0.2, 0.25) is 0 Å². The quantitative estimate of drug-likeness (QED) is 0.378. The zero-order chi connectivity index (χ0) is 16.0. The van der Waals surface area contributed by atoms with Gasteiger partial charge in [0, 0.05) is 45.6 Å². The first-order chi connectivity index (χ1) is 10.8. The molecule has 1 heterocycles. The Hall–Kier alpha value is -1.86. The zero-order valence-electron chi connectivity index (χ0n) is 13.6. The lowest BCUT2D eigenvalue weighted by molar-refractivity contribution is 0.0698. The molecule has 0 unspecified atom stereocenters. The van der Waals surface area contributed by atoms with Crippen molar-refractivity contribution < 1.29 is 14.2 Å². The lowest BCUT2D eigenvalue weighted by Crippen LogP contribution is -2.37. The number of rotatable bonds is 10. The van der Waals surface area contributed by atoms with Gasteiger partial charge in [0.1, 0.15) is 0 Å². The predicted octanol–water partition coefficient (Wildman–Crippen LogP) is 0.808. The number of hydrogen-bond donors (Lipinski definition) is 2. The molecule has 0 fully saturated rings. The van der Waals surface area contributed by atoms with Gasteiger partial charge in [-0.2, -0.15) is 0 Å². The van der Waals surface area contributed by atoms with Crippen LogP contribution in [0.1, 0.15) is 12.0 Å². The van der Waals surface area contributed by atoms with E-state index in [4.69, 9.17) is 14.2 Å². The van der Waals surface area contributed by atoms with E-state index >= 15 is 0 Å². The summed E-state index contributed by atoms with van der Waals surface area (Å²) in [5, 5.41) is 6.46. The van der Waals surface area contributed by atoms with Gasteiger partial charge in [-0.25, -0.2) is 4.98 Å². The van der Waals surface area contributed by atoms with Crippen molar-refractivity contribution in [1.82, 2.24) is 15.6 Å². The van der Waals surface area contributed by atoms with Crippen LogP contribution in [-0.2, 0) is 16.0 Å². The van der Waals surface area contributed by atoms with Gasteiger partial charge >= 0.3 is 0 Å². The molecule has 0 spiro atoms. The molecule has 0 aromatic carbocycles. The van der Waals surface area contributed by atoms with Gasteiger partial charge in [-0.15, -0.1) is 0 Å². The SMILES string of the molecule is CN=C(NCCCOCCOC)NCc1cccnc1OC. The van der Waals surface area contributed by atoms with E-state index in [-0.39, 0.29) is 0 Å². The first-order valence-electron chi connectivity index (χ1n) is 7.31. The van der Waals surface area contributed by atoms with Crippen molar-refractivity contribution in [3.63, 3.8) is 0 Å². The standard InChI is InChI=1S/C15H26N4O3/c1-16-15(18-8-5-9-22-11-10-20-2)19-12-13-6-4-7-17-14(13)21-3/h4,6-7H,5,8-12H2,1-3H3,(H2,16,18,19). The third kappa shape index (κ3) is 7.24. The molecule has 0 atom stereocenters. The largest absolute Gasteiger partial charge is 0.481 e. The van der Waals surface area contributed by atoms with E-state index in [1.165, 1.54) is 0 Å². The monoisotopic (exact) mass is 310 g/mol. The summed E-state index contributed by atoms with van der Waals surface area (Å²) in [6, 6.07) is 3.85. The van der Waals surface area contributed by atoms with Crippen molar-refractivity contribution in [2.24, 2.45) is 4.99 Å². The van der Waals surface area contributed by atoms with Gasteiger partial charge in [0.05, 0.1) is 20.3 Å². The summed E-state index contributed by atoms with van der Waals surface area (Å²) in [5.41, 5.74) is 0.982. The first kappa shape index (κ1) is 18.2. The van der Waals surface area contributed by atoms with E-state index in [0.29, 0.717) is 32.2 Å². The molecule has 0 saturated heterocycles. The number of pyridine rings is 1. The Morgan fingerprint density at radius 2 is 2.09 bits per heavy atom. The average Bonchev–Trinajstić information content (AvgIpc) is 2.57. The predicted molar refractivity (Wildman–Crippen MR) is 86.3 cm³/mol. The molecule has 7 nitrogen and oxygen atoms in total. The molecule has 0 saturated carbocycles. The minimum Gasteiger partial charge on any atom is -0.481 e. The van der Waals surface area contributed by atoms with E-state index in [1.54, 1.807) is 27.5 Å². The van der Waals surface area contributed by atoms with Crippen molar-refractivity contribution in [3.05, 3.63) is 23.9 Å². The van der Waals surface area contributed by atoms with Gasteiger partial charge in [0.15, 0.2) is 5.96 Å². The van der Waals surface area contributed by atoms with Gasteiger partial charge < -0.3 is 24.8 Å². The van der Waals surface area contributed by atoms with Crippen LogP contribution in [0.25, 0.3) is 0 Å².